The standard InChI is InChI=1S/C30H35ClN4/c1-2-3-4-5-6-7-10-21-34-22-11-13-26(14-12-23-34)29-24-28(25-16-18-27(31)19-17-25)33-35(29)30-15-8-9-20-32-30/h2-9,15-20,24,26H,10-14,21-23H2,1H3/b3-2-,5-4-,7-6+. The maximum absolute atomic E-state index is 6.12. The fraction of sp³-hybridized carbons (Fsp3) is 0.333. The Morgan fingerprint density at radius 3 is 2.46 bits per heavy atom. The van der Waals surface area contributed by atoms with Crippen molar-refractivity contribution in [2.24, 2.45) is 0 Å². The first kappa shape index (κ1) is 25.2. The number of hydrogen-bond donors (Lipinski definition) is 0. The molecule has 1 aromatic carbocycles. The van der Waals surface area contributed by atoms with Gasteiger partial charge in [0.1, 0.15) is 0 Å². The molecule has 0 atom stereocenters. The minimum Gasteiger partial charge on any atom is -0.303 e. The normalized spacial score (nSPS) is 16.4. The first-order chi connectivity index (χ1) is 17.2. The second-order valence-corrected chi connectivity index (χ2v) is 9.45. The molecule has 0 spiro atoms. The zero-order chi connectivity index (χ0) is 24.3. The highest BCUT2D eigenvalue weighted by Gasteiger charge is 2.22. The van der Waals surface area contributed by atoms with E-state index in [9.17, 15) is 0 Å². The second-order valence-electron chi connectivity index (χ2n) is 9.01. The Kier molecular flexibility index (Phi) is 9.50. The Hall–Kier alpha value is -2.95. The van der Waals surface area contributed by atoms with Crippen LogP contribution in [0.4, 0.5) is 0 Å². The molecule has 0 N–H and O–H groups in total. The summed E-state index contributed by atoms with van der Waals surface area (Å²) >= 11 is 6.12. The summed E-state index contributed by atoms with van der Waals surface area (Å²) in [6, 6.07) is 16.2. The Morgan fingerprint density at radius 1 is 0.971 bits per heavy atom. The van der Waals surface area contributed by atoms with Gasteiger partial charge in [-0.05, 0) is 82.4 Å². The molecule has 1 fully saturated rings. The molecule has 0 unspecified atom stereocenters. The van der Waals surface area contributed by atoms with Crippen LogP contribution in [0.15, 0.2) is 91.2 Å². The first-order valence-electron chi connectivity index (χ1n) is 12.7. The van der Waals surface area contributed by atoms with Crippen LogP contribution in [0.2, 0.25) is 5.02 Å². The van der Waals surface area contributed by atoms with Crippen LogP contribution in [-0.4, -0.2) is 39.3 Å². The van der Waals surface area contributed by atoms with Gasteiger partial charge in [0, 0.05) is 34.9 Å². The number of rotatable bonds is 8. The quantitative estimate of drug-likeness (QED) is 0.307. The van der Waals surface area contributed by atoms with Gasteiger partial charge in [-0.15, -0.1) is 0 Å². The number of likely N-dealkylation sites (tertiary alicyclic amines) is 1. The molecule has 1 aliphatic heterocycles. The van der Waals surface area contributed by atoms with Gasteiger partial charge in [0.15, 0.2) is 5.82 Å². The third-order valence-corrected chi connectivity index (χ3v) is 6.74. The number of pyridine rings is 1. The molecule has 35 heavy (non-hydrogen) atoms. The maximum Gasteiger partial charge on any atom is 0.153 e. The van der Waals surface area contributed by atoms with Gasteiger partial charge in [-0.2, -0.15) is 5.10 Å². The van der Waals surface area contributed by atoms with Crippen molar-refractivity contribution in [3.63, 3.8) is 0 Å². The molecule has 0 bridgehead atoms. The molecule has 0 aliphatic carbocycles. The molecule has 182 valence electrons. The fourth-order valence-corrected chi connectivity index (χ4v) is 4.81. The van der Waals surface area contributed by atoms with E-state index in [1.165, 1.54) is 18.5 Å². The SMILES string of the molecule is C\C=C/C=C\C=C\CCN1CCCC(c2cc(-c3ccc(Cl)cc3)nn2-c2ccccn2)CCC1. The maximum atomic E-state index is 6.12. The summed E-state index contributed by atoms with van der Waals surface area (Å²) in [5.41, 5.74) is 3.31. The lowest BCUT2D eigenvalue weighted by atomic mass is 9.91. The van der Waals surface area contributed by atoms with E-state index < -0.39 is 0 Å². The van der Waals surface area contributed by atoms with Crippen LogP contribution in [0.1, 0.15) is 50.6 Å². The number of halogens is 1. The van der Waals surface area contributed by atoms with E-state index >= 15 is 0 Å². The highest BCUT2D eigenvalue weighted by atomic mass is 35.5. The van der Waals surface area contributed by atoms with Crippen molar-refractivity contribution >= 4 is 11.6 Å². The molecule has 3 aromatic rings. The van der Waals surface area contributed by atoms with E-state index in [0.717, 1.165) is 61.0 Å². The van der Waals surface area contributed by atoms with Crippen molar-refractivity contribution in [3.8, 4) is 17.1 Å². The van der Waals surface area contributed by atoms with Crippen molar-refractivity contribution < 1.29 is 0 Å². The van der Waals surface area contributed by atoms with Gasteiger partial charge in [0.05, 0.1) is 5.69 Å². The monoisotopic (exact) mass is 486 g/mol. The van der Waals surface area contributed by atoms with Crippen LogP contribution >= 0.6 is 11.6 Å². The van der Waals surface area contributed by atoms with E-state index in [1.54, 1.807) is 0 Å². The Bertz CT molecular complexity index is 1120. The molecule has 0 radical (unpaired) electrons. The summed E-state index contributed by atoms with van der Waals surface area (Å²) in [5, 5.41) is 5.72. The minimum absolute atomic E-state index is 0.476. The van der Waals surface area contributed by atoms with Crippen LogP contribution in [0.3, 0.4) is 0 Å². The molecule has 5 heteroatoms. The Morgan fingerprint density at radius 2 is 1.74 bits per heavy atom. The van der Waals surface area contributed by atoms with Gasteiger partial charge < -0.3 is 4.90 Å². The average Bonchev–Trinajstić information content (AvgIpc) is 3.31. The molecule has 3 heterocycles. The highest BCUT2D eigenvalue weighted by molar-refractivity contribution is 6.30. The van der Waals surface area contributed by atoms with Crippen LogP contribution in [0.5, 0.6) is 0 Å². The van der Waals surface area contributed by atoms with Crippen LogP contribution in [-0.2, 0) is 0 Å². The van der Waals surface area contributed by atoms with Gasteiger partial charge in [-0.25, -0.2) is 9.67 Å². The molecule has 0 saturated carbocycles. The number of allylic oxidation sites excluding steroid dienone is 5. The minimum atomic E-state index is 0.476. The fourth-order valence-electron chi connectivity index (χ4n) is 4.68. The second kappa shape index (κ2) is 13.2. The van der Waals surface area contributed by atoms with E-state index in [0.29, 0.717) is 5.92 Å². The summed E-state index contributed by atoms with van der Waals surface area (Å²) in [5.74, 6) is 1.35. The molecule has 0 amide bonds. The van der Waals surface area contributed by atoms with Crippen molar-refractivity contribution in [3.05, 3.63) is 102 Å². The summed E-state index contributed by atoms with van der Waals surface area (Å²) in [6.45, 7) is 5.47. The van der Waals surface area contributed by atoms with Crippen LogP contribution in [0, 0.1) is 0 Å². The number of benzene rings is 1. The lowest BCUT2D eigenvalue weighted by molar-refractivity contribution is 0.242. The topological polar surface area (TPSA) is 34.0 Å². The molecule has 4 nitrogen and oxygen atoms in total. The molecule has 1 aliphatic rings. The lowest BCUT2D eigenvalue weighted by Crippen LogP contribution is -2.29. The zero-order valence-electron chi connectivity index (χ0n) is 20.6. The average molecular weight is 487 g/mol. The number of nitrogens with zero attached hydrogens (tertiary/aromatic N) is 4. The van der Waals surface area contributed by atoms with Gasteiger partial charge in [0.25, 0.3) is 0 Å². The third kappa shape index (κ3) is 7.27. The van der Waals surface area contributed by atoms with Crippen LogP contribution < -0.4 is 0 Å². The summed E-state index contributed by atoms with van der Waals surface area (Å²) in [4.78, 5) is 7.22. The van der Waals surface area contributed by atoms with E-state index in [2.05, 4.69) is 51.0 Å². The summed E-state index contributed by atoms with van der Waals surface area (Å²) in [6.07, 6.45) is 20.3. The number of aromatic nitrogens is 3. The molecule has 1 saturated heterocycles. The largest absolute Gasteiger partial charge is 0.303 e. The molecular formula is C30H35ClN4. The number of hydrogen-bond acceptors (Lipinski definition) is 3. The molecular weight excluding hydrogens is 452 g/mol. The van der Waals surface area contributed by atoms with E-state index in [4.69, 9.17) is 16.7 Å². The van der Waals surface area contributed by atoms with Crippen LogP contribution in [0.25, 0.3) is 17.1 Å². The third-order valence-electron chi connectivity index (χ3n) is 6.49. The summed E-state index contributed by atoms with van der Waals surface area (Å²) in [7, 11) is 0. The Balaban J connectivity index is 1.43. The first-order valence-corrected chi connectivity index (χ1v) is 13.1. The predicted molar refractivity (Wildman–Crippen MR) is 147 cm³/mol. The molecule has 2 aromatic heterocycles. The van der Waals surface area contributed by atoms with Gasteiger partial charge in [-0.3, -0.25) is 0 Å². The van der Waals surface area contributed by atoms with E-state index in [1.807, 2.05) is 61.7 Å². The Labute approximate surface area is 214 Å². The lowest BCUT2D eigenvalue weighted by Gasteiger charge is -2.27. The van der Waals surface area contributed by atoms with Crippen molar-refractivity contribution in [1.29, 1.82) is 0 Å². The van der Waals surface area contributed by atoms with Gasteiger partial charge in [0.2, 0.25) is 0 Å². The van der Waals surface area contributed by atoms with Gasteiger partial charge >= 0.3 is 0 Å². The van der Waals surface area contributed by atoms with Gasteiger partial charge in [-0.1, -0.05) is 66.3 Å². The van der Waals surface area contributed by atoms with Crippen molar-refractivity contribution in [2.75, 3.05) is 19.6 Å². The predicted octanol–water partition coefficient (Wildman–Crippen LogP) is 7.63. The smallest absolute Gasteiger partial charge is 0.153 e. The highest BCUT2D eigenvalue weighted by Crippen LogP contribution is 2.33. The van der Waals surface area contributed by atoms with E-state index in [-0.39, 0.29) is 0 Å². The van der Waals surface area contributed by atoms with Crippen molar-refractivity contribution in [1.82, 2.24) is 19.7 Å². The summed E-state index contributed by atoms with van der Waals surface area (Å²) < 4.78 is 2.06. The zero-order valence-corrected chi connectivity index (χ0v) is 21.3. The van der Waals surface area contributed by atoms with Crippen molar-refractivity contribution in [2.45, 2.75) is 44.9 Å². The molecule has 4 rings (SSSR count).